The van der Waals surface area contributed by atoms with Gasteiger partial charge in [0.15, 0.2) is 0 Å². The molecule has 0 aliphatic heterocycles. The summed E-state index contributed by atoms with van der Waals surface area (Å²) in [6.45, 7) is 18.3. The molecule has 0 amide bonds. The normalized spacial score (nSPS) is 9.88. The maximum Gasteiger partial charge on any atom is 0.513 e. The molecule has 2 rings (SSSR count). The Labute approximate surface area is 301 Å². The van der Waals surface area contributed by atoms with Gasteiger partial charge in [0, 0.05) is 12.2 Å². The zero-order valence-electron chi connectivity index (χ0n) is 29.1. The average Bonchev–Trinajstić information content (AvgIpc) is 3.14. The highest BCUT2D eigenvalue weighted by atomic mass is 16.7. The molecule has 2 aromatic rings. The zero-order valence-corrected chi connectivity index (χ0v) is 29.1. The van der Waals surface area contributed by atoms with Gasteiger partial charge in [-0.2, -0.15) is 0 Å². The summed E-state index contributed by atoms with van der Waals surface area (Å²) in [5.74, 6) is -2.49. The first-order valence-corrected chi connectivity index (χ1v) is 16.0. The molecule has 0 aliphatic rings. The van der Waals surface area contributed by atoms with Crippen LogP contribution in [0.5, 0.6) is 11.5 Å². The van der Waals surface area contributed by atoms with Gasteiger partial charge < -0.3 is 37.9 Å². The van der Waals surface area contributed by atoms with E-state index < -0.39 is 36.2 Å². The molecule has 0 saturated heterocycles. The van der Waals surface area contributed by atoms with E-state index in [-0.39, 0.29) is 60.6 Å². The van der Waals surface area contributed by atoms with E-state index in [4.69, 9.17) is 37.9 Å². The van der Waals surface area contributed by atoms with Crippen LogP contribution < -0.4 is 9.47 Å². The molecular weight excluding hydrogens is 680 g/mol. The van der Waals surface area contributed by atoms with Gasteiger partial charge in [0.25, 0.3) is 0 Å². The van der Waals surface area contributed by atoms with E-state index in [1.54, 1.807) is 0 Å². The van der Waals surface area contributed by atoms with E-state index in [1.165, 1.54) is 60.7 Å². The summed E-state index contributed by atoms with van der Waals surface area (Å²) in [5, 5.41) is 0. The van der Waals surface area contributed by atoms with Crippen LogP contribution in [-0.2, 0) is 38.0 Å². The first kappa shape index (κ1) is 43.6. The second-order valence-corrected chi connectivity index (χ2v) is 9.65. The summed E-state index contributed by atoms with van der Waals surface area (Å²) in [4.78, 5) is 70.5. The van der Waals surface area contributed by atoms with Gasteiger partial charge in [0.2, 0.25) is 0 Å². The molecule has 0 N–H and O–H groups in total. The minimum Gasteiger partial charge on any atom is -0.463 e. The second-order valence-electron chi connectivity index (χ2n) is 9.65. The lowest BCUT2D eigenvalue weighted by Gasteiger charge is -2.08. The van der Waals surface area contributed by atoms with Gasteiger partial charge in [-0.05, 0) is 86.4 Å². The van der Waals surface area contributed by atoms with Crippen LogP contribution in [0.1, 0.15) is 60.2 Å². The van der Waals surface area contributed by atoms with Gasteiger partial charge in [-0.3, -0.25) is 0 Å². The molecule has 0 aromatic heterocycles. The molecule has 14 heteroatoms. The molecule has 0 radical (unpaired) electrons. The molecule has 0 fully saturated rings. The van der Waals surface area contributed by atoms with Crippen molar-refractivity contribution in [3.8, 4) is 11.5 Å². The highest BCUT2D eigenvalue weighted by Gasteiger charge is 2.13. The third-order valence-corrected chi connectivity index (χ3v) is 5.82. The fourth-order valence-electron chi connectivity index (χ4n) is 3.36. The largest absolute Gasteiger partial charge is 0.513 e. The Balaban J connectivity index is 0.00000664. The van der Waals surface area contributed by atoms with Crippen molar-refractivity contribution in [3.63, 3.8) is 0 Å². The molecule has 2 aromatic carbocycles. The van der Waals surface area contributed by atoms with Crippen LogP contribution in [0.4, 0.5) is 9.59 Å². The highest BCUT2D eigenvalue weighted by Crippen LogP contribution is 2.17. The first-order valence-electron chi connectivity index (χ1n) is 16.0. The summed E-state index contributed by atoms with van der Waals surface area (Å²) in [7, 11) is 0. The Morgan fingerprint density at radius 3 is 1.13 bits per heavy atom. The summed E-state index contributed by atoms with van der Waals surface area (Å²) in [5.41, 5.74) is 0.257. The molecule has 0 saturated carbocycles. The van der Waals surface area contributed by atoms with Crippen molar-refractivity contribution in [1.29, 1.82) is 0 Å². The number of unbranched alkanes of at least 4 members (excludes halogenated alkanes) is 2. The topological polar surface area (TPSA) is 176 Å². The quantitative estimate of drug-likeness (QED) is 0.0252. The van der Waals surface area contributed by atoms with Crippen LogP contribution in [0.2, 0.25) is 0 Å². The molecule has 0 spiro atoms. The lowest BCUT2D eigenvalue weighted by Crippen LogP contribution is -2.12. The zero-order chi connectivity index (χ0) is 38.7. The fourth-order valence-corrected chi connectivity index (χ4v) is 3.36. The molecular formula is C38H42O14. The number of carbonyl (C=O) groups excluding carboxylic acids is 6. The van der Waals surface area contributed by atoms with Crippen molar-refractivity contribution in [2.24, 2.45) is 0 Å². The standard InChI is InChI=1S/C36H36O14.C2H6/c1-5-31(37)43-21-7-9-23-45-35(41)49-29-17-13-27(14-18-29)33(39)47-25(3)11-12-26(4)48-34(40)28-15-19-30(20-16-28)50-36(42)46-24-10-8-22-44-32(38)6-2;1-2/h5-6,11-20H,1-4,7-10,21-24H2;1-2H3/b12-11-;. The number of benzene rings is 2. The number of hydrogen-bond acceptors (Lipinski definition) is 14. The van der Waals surface area contributed by atoms with Gasteiger partial charge in [-0.1, -0.05) is 40.2 Å². The van der Waals surface area contributed by atoms with Crippen molar-refractivity contribution in [3.05, 3.63) is 122 Å². The van der Waals surface area contributed by atoms with E-state index in [0.717, 1.165) is 12.2 Å². The SMILES string of the molecule is C=CC(=O)OCCCCOC(=O)Oc1ccc(C(=O)OC(=C)/C=C\C(=C)OC(=O)c2ccc(OC(=O)OCCCCOC(=O)C=C)cc2)cc1.CC. The lowest BCUT2D eigenvalue weighted by molar-refractivity contribution is -0.138. The van der Waals surface area contributed by atoms with Crippen molar-refractivity contribution < 1.29 is 66.7 Å². The van der Waals surface area contributed by atoms with Crippen molar-refractivity contribution in [1.82, 2.24) is 0 Å². The number of hydrogen-bond donors (Lipinski definition) is 0. The third kappa shape index (κ3) is 18.9. The van der Waals surface area contributed by atoms with Crippen LogP contribution in [0.25, 0.3) is 0 Å². The lowest BCUT2D eigenvalue weighted by atomic mass is 10.2. The predicted octanol–water partition coefficient (Wildman–Crippen LogP) is 7.36. The number of allylic oxidation sites excluding steroid dienone is 2. The fraction of sp³-hybridized carbons (Fsp3) is 0.263. The summed E-state index contributed by atoms with van der Waals surface area (Å²) in [6, 6.07) is 10.9. The summed E-state index contributed by atoms with van der Waals surface area (Å²) < 4.78 is 39.9. The first-order chi connectivity index (χ1) is 25.0. The van der Waals surface area contributed by atoms with Crippen LogP contribution in [0, 0.1) is 0 Å². The summed E-state index contributed by atoms with van der Waals surface area (Å²) in [6.07, 6.45) is 4.63. The molecule has 0 bridgehead atoms. The van der Waals surface area contributed by atoms with E-state index in [9.17, 15) is 28.8 Å². The van der Waals surface area contributed by atoms with E-state index in [1.807, 2.05) is 13.8 Å². The van der Waals surface area contributed by atoms with Crippen molar-refractivity contribution in [2.45, 2.75) is 39.5 Å². The monoisotopic (exact) mass is 722 g/mol. The highest BCUT2D eigenvalue weighted by molar-refractivity contribution is 5.91. The average molecular weight is 723 g/mol. The van der Waals surface area contributed by atoms with Crippen LogP contribution >= 0.6 is 0 Å². The molecule has 14 nitrogen and oxygen atoms in total. The number of rotatable bonds is 20. The maximum atomic E-state index is 12.4. The van der Waals surface area contributed by atoms with Gasteiger partial charge in [0.05, 0.1) is 37.6 Å². The Kier molecular flexibility index (Phi) is 21.4. The molecule has 0 unspecified atom stereocenters. The molecule has 0 aliphatic carbocycles. The minimum atomic E-state index is -0.943. The van der Waals surface area contributed by atoms with Crippen LogP contribution in [0.3, 0.4) is 0 Å². The van der Waals surface area contributed by atoms with Gasteiger partial charge in [-0.15, -0.1) is 0 Å². The second kappa shape index (κ2) is 25.5. The molecule has 0 heterocycles. The Morgan fingerprint density at radius 2 is 0.827 bits per heavy atom. The predicted molar refractivity (Wildman–Crippen MR) is 187 cm³/mol. The van der Waals surface area contributed by atoms with Crippen molar-refractivity contribution in [2.75, 3.05) is 26.4 Å². The van der Waals surface area contributed by atoms with Gasteiger partial charge in [-0.25, -0.2) is 28.8 Å². The van der Waals surface area contributed by atoms with Gasteiger partial charge in [0.1, 0.15) is 23.0 Å². The maximum absolute atomic E-state index is 12.4. The smallest absolute Gasteiger partial charge is 0.463 e. The third-order valence-electron chi connectivity index (χ3n) is 5.82. The number of esters is 4. The van der Waals surface area contributed by atoms with E-state index in [2.05, 4.69) is 26.3 Å². The summed E-state index contributed by atoms with van der Waals surface area (Å²) >= 11 is 0. The van der Waals surface area contributed by atoms with Gasteiger partial charge >= 0.3 is 36.2 Å². The number of ether oxygens (including phenoxy) is 8. The Bertz CT molecular complexity index is 1450. The Morgan fingerprint density at radius 1 is 0.519 bits per heavy atom. The Hall–Kier alpha value is -6.44. The van der Waals surface area contributed by atoms with E-state index in [0.29, 0.717) is 25.7 Å². The van der Waals surface area contributed by atoms with Crippen LogP contribution in [0.15, 0.2) is 111 Å². The molecule has 0 atom stereocenters. The van der Waals surface area contributed by atoms with Crippen LogP contribution in [-0.4, -0.2) is 62.6 Å². The number of carbonyl (C=O) groups is 6. The molecule has 52 heavy (non-hydrogen) atoms. The van der Waals surface area contributed by atoms with Crippen molar-refractivity contribution >= 4 is 36.2 Å². The molecule has 278 valence electrons. The van der Waals surface area contributed by atoms with E-state index >= 15 is 0 Å². The minimum absolute atomic E-state index is 0.0565.